The lowest BCUT2D eigenvalue weighted by Gasteiger charge is -2.25. The highest BCUT2D eigenvalue weighted by Crippen LogP contribution is 2.26. The van der Waals surface area contributed by atoms with E-state index in [9.17, 15) is 0 Å². The zero-order valence-corrected chi connectivity index (χ0v) is 10.00. The van der Waals surface area contributed by atoms with E-state index in [0.29, 0.717) is 6.04 Å². The van der Waals surface area contributed by atoms with Crippen LogP contribution in [0.15, 0.2) is 22.8 Å². The fraction of sp³-hybridized carbons (Fsp3) is 0.545. The topological polar surface area (TPSA) is 16.1 Å². The molecule has 1 fully saturated rings. The largest absolute Gasteiger partial charge is 0.357 e. The second-order valence-electron chi connectivity index (χ2n) is 3.88. The Kier molecular flexibility index (Phi) is 3.06. The number of anilines is 1. The summed E-state index contributed by atoms with van der Waals surface area (Å²) in [4.78, 5) is 6.71. The van der Waals surface area contributed by atoms with E-state index in [2.05, 4.69) is 38.9 Å². The van der Waals surface area contributed by atoms with Gasteiger partial charge in [0.25, 0.3) is 0 Å². The number of hydrogen-bond donors (Lipinski definition) is 0. The van der Waals surface area contributed by atoms with Gasteiger partial charge < -0.3 is 4.90 Å². The molecule has 1 aliphatic carbocycles. The summed E-state index contributed by atoms with van der Waals surface area (Å²) < 4.78 is 1.04. The lowest BCUT2D eigenvalue weighted by atomic mass is 10.2. The van der Waals surface area contributed by atoms with E-state index in [4.69, 9.17) is 0 Å². The summed E-state index contributed by atoms with van der Waals surface area (Å²) in [5.74, 6) is 1.08. The van der Waals surface area contributed by atoms with Gasteiger partial charge in [0.05, 0.1) is 0 Å². The molecule has 1 saturated carbocycles. The van der Waals surface area contributed by atoms with E-state index in [1.54, 1.807) is 0 Å². The van der Waals surface area contributed by atoms with Gasteiger partial charge in [-0.15, -0.1) is 0 Å². The number of aromatic nitrogens is 1. The molecule has 1 aliphatic rings. The smallest absolute Gasteiger partial charge is 0.128 e. The average Bonchev–Trinajstić information content (AvgIpc) is 2.71. The third-order valence-electron chi connectivity index (χ3n) is 2.95. The molecule has 14 heavy (non-hydrogen) atoms. The van der Waals surface area contributed by atoms with E-state index in [0.717, 1.165) is 10.3 Å². The van der Waals surface area contributed by atoms with Crippen molar-refractivity contribution >= 4 is 21.7 Å². The number of rotatable bonds is 2. The number of pyridine rings is 1. The van der Waals surface area contributed by atoms with Crippen molar-refractivity contribution in [2.45, 2.75) is 31.7 Å². The fourth-order valence-corrected chi connectivity index (χ4v) is 2.29. The Hall–Kier alpha value is -0.570. The Morgan fingerprint density at radius 1 is 1.36 bits per heavy atom. The van der Waals surface area contributed by atoms with Crippen LogP contribution in [0.5, 0.6) is 0 Å². The molecule has 0 unspecified atom stereocenters. The first kappa shape index (κ1) is 9.97. The highest BCUT2D eigenvalue weighted by molar-refractivity contribution is 9.10. The van der Waals surface area contributed by atoms with Crippen molar-refractivity contribution in [2.75, 3.05) is 11.9 Å². The Bertz CT molecular complexity index is 291. The fourth-order valence-electron chi connectivity index (χ4n) is 2.06. The van der Waals surface area contributed by atoms with Gasteiger partial charge in [-0.25, -0.2) is 4.98 Å². The van der Waals surface area contributed by atoms with E-state index < -0.39 is 0 Å². The number of halogens is 1. The summed E-state index contributed by atoms with van der Waals surface area (Å²) >= 11 is 3.40. The van der Waals surface area contributed by atoms with Crippen LogP contribution in [0, 0.1) is 0 Å². The molecule has 0 saturated heterocycles. The van der Waals surface area contributed by atoms with Crippen LogP contribution in [0.1, 0.15) is 25.7 Å². The summed E-state index contributed by atoms with van der Waals surface area (Å²) in [6.07, 6.45) is 7.22. The van der Waals surface area contributed by atoms with Crippen LogP contribution in [0.25, 0.3) is 0 Å². The quantitative estimate of drug-likeness (QED) is 0.806. The van der Waals surface area contributed by atoms with Crippen LogP contribution in [0.3, 0.4) is 0 Å². The zero-order chi connectivity index (χ0) is 9.97. The van der Waals surface area contributed by atoms with Crippen molar-refractivity contribution in [2.24, 2.45) is 0 Å². The van der Waals surface area contributed by atoms with Gasteiger partial charge in [0.1, 0.15) is 5.82 Å². The maximum absolute atomic E-state index is 4.40. The average molecular weight is 255 g/mol. The first-order valence-electron chi connectivity index (χ1n) is 5.12. The molecule has 0 amide bonds. The number of hydrogen-bond acceptors (Lipinski definition) is 2. The van der Waals surface area contributed by atoms with Crippen molar-refractivity contribution in [3.8, 4) is 0 Å². The molecule has 0 N–H and O–H groups in total. The van der Waals surface area contributed by atoms with Crippen molar-refractivity contribution in [3.63, 3.8) is 0 Å². The van der Waals surface area contributed by atoms with E-state index in [1.165, 1.54) is 25.7 Å². The molecule has 76 valence electrons. The third kappa shape index (κ3) is 2.08. The summed E-state index contributed by atoms with van der Waals surface area (Å²) in [6.45, 7) is 0. The second kappa shape index (κ2) is 4.30. The van der Waals surface area contributed by atoms with Crippen LogP contribution in [-0.2, 0) is 0 Å². The predicted octanol–water partition coefficient (Wildman–Crippen LogP) is 3.22. The lowest BCUT2D eigenvalue weighted by molar-refractivity contribution is 0.646. The van der Waals surface area contributed by atoms with Crippen molar-refractivity contribution in [1.29, 1.82) is 0 Å². The van der Waals surface area contributed by atoms with Crippen molar-refractivity contribution in [3.05, 3.63) is 22.8 Å². The molecular formula is C11H15BrN2. The van der Waals surface area contributed by atoms with Gasteiger partial charge in [0.15, 0.2) is 0 Å². The molecule has 0 aliphatic heterocycles. The van der Waals surface area contributed by atoms with E-state index in [-0.39, 0.29) is 0 Å². The molecule has 0 aromatic carbocycles. The number of nitrogens with zero attached hydrogens (tertiary/aromatic N) is 2. The molecular weight excluding hydrogens is 240 g/mol. The first-order valence-corrected chi connectivity index (χ1v) is 5.91. The van der Waals surface area contributed by atoms with E-state index >= 15 is 0 Å². The Balaban J connectivity index is 2.09. The van der Waals surface area contributed by atoms with Gasteiger partial charge in [-0.1, -0.05) is 12.8 Å². The minimum absolute atomic E-state index is 0.698. The van der Waals surface area contributed by atoms with Crippen molar-refractivity contribution < 1.29 is 0 Å². The van der Waals surface area contributed by atoms with E-state index in [1.807, 2.05) is 12.3 Å². The van der Waals surface area contributed by atoms with Crippen LogP contribution >= 0.6 is 15.9 Å². The van der Waals surface area contributed by atoms with Crippen molar-refractivity contribution in [1.82, 2.24) is 4.98 Å². The standard InChI is InChI=1S/C11H15BrN2/c1-14(10-4-2-3-5-10)11-7-6-9(12)8-13-11/h6-8,10H,2-5H2,1H3. The molecule has 2 rings (SSSR count). The summed E-state index contributed by atoms with van der Waals surface area (Å²) in [5.41, 5.74) is 0. The molecule has 0 bridgehead atoms. The van der Waals surface area contributed by atoms with Crippen LogP contribution in [0.4, 0.5) is 5.82 Å². The molecule has 1 aromatic rings. The Labute approximate surface area is 93.5 Å². The Morgan fingerprint density at radius 2 is 2.07 bits per heavy atom. The van der Waals surface area contributed by atoms with Crippen LogP contribution in [-0.4, -0.2) is 18.1 Å². The maximum Gasteiger partial charge on any atom is 0.128 e. The molecule has 1 heterocycles. The normalized spacial score (nSPS) is 17.3. The third-order valence-corrected chi connectivity index (χ3v) is 3.41. The highest BCUT2D eigenvalue weighted by atomic mass is 79.9. The van der Waals surface area contributed by atoms with Gasteiger partial charge in [0.2, 0.25) is 0 Å². The minimum atomic E-state index is 0.698. The lowest BCUT2D eigenvalue weighted by Crippen LogP contribution is -2.29. The minimum Gasteiger partial charge on any atom is -0.357 e. The van der Waals surface area contributed by atoms with Gasteiger partial charge in [-0.05, 0) is 40.9 Å². The summed E-state index contributed by atoms with van der Waals surface area (Å²) in [7, 11) is 2.15. The predicted molar refractivity (Wildman–Crippen MR) is 62.6 cm³/mol. The second-order valence-corrected chi connectivity index (χ2v) is 4.80. The molecule has 1 aromatic heterocycles. The van der Waals surface area contributed by atoms with Gasteiger partial charge in [-0.2, -0.15) is 0 Å². The first-order chi connectivity index (χ1) is 6.77. The zero-order valence-electron chi connectivity index (χ0n) is 8.41. The molecule has 0 radical (unpaired) electrons. The Morgan fingerprint density at radius 3 is 2.64 bits per heavy atom. The van der Waals surface area contributed by atoms with Crippen LogP contribution < -0.4 is 4.90 Å². The molecule has 0 atom stereocenters. The molecule has 0 spiro atoms. The monoisotopic (exact) mass is 254 g/mol. The van der Waals surface area contributed by atoms with Crippen LogP contribution in [0.2, 0.25) is 0 Å². The van der Waals surface area contributed by atoms with Gasteiger partial charge in [0, 0.05) is 23.8 Å². The van der Waals surface area contributed by atoms with Gasteiger partial charge >= 0.3 is 0 Å². The SMILES string of the molecule is CN(c1ccc(Br)cn1)C1CCCC1. The highest BCUT2D eigenvalue weighted by Gasteiger charge is 2.20. The molecule has 3 heteroatoms. The molecule has 2 nitrogen and oxygen atoms in total. The maximum atomic E-state index is 4.40. The summed E-state index contributed by atoms with van der Waals surface area (Å²) in [5, 5.41) is 0. The van der Waals surface area contributed by atoms with Gasteiger partial charge in [-0.3, -0.25) is 0 Å². The summed E-state index contributed by atoms with van der Waals surface area (Å²) in [6, 6.07) is 4.82.